The number of nitrogens with zero attached hydrogens (tertiary/aromatic N) is 1. The molecule has 0 amide bonds. The molecule has 1 aromatic carbocycles. The van der Waals surface area contributed by atoms with Crippen molar-refractivity contribution >= 4 is 11.7 Å². The molecule has 0 bridgehead atoms. The zero-order chi connectivity index (χ0) is 16.3. The number of hydrogen-bond acceptors (Lipinski definition) is 4. The van der Waals surface area contributed by atoms with Crippen LogP contribution in [0.5, 0.6) is 0 Å². The van der Waals surface area contributed by atoms with Gasteiger partial charge >= 0.3 is 5.97 Å². The summed E-state index contributed by atoms with van der Waals surface area (Å²) in [7, 11) is 0. The van der Waals surface area contributed by atoms with E-state index >= 15 is 0 Å². The number of nitro benzene ring substituents is 1. The molecule has 0 radical (unpaired) electrons. The largest absolute Gasteiger partial charge is 0.458 e. The summed E-state index contributed by atoms with van der Waals surface area (Å²) in [5.41, 5.74) is 0.154. The first kappa shape index (κ1) is 16.5. The van der Waals surface area contributed by atoms with Crippen LogP contribution >= 0.6 is 0 Å². The number of hydrogen-bond donors (Lipinski definition) is 0. The molecule has 5 nitrogen and oxygen atoms in total. The van der Waals surface area contributed by atoms with E-state index in [-0.39, 0.29) is 17.4 Å². The Morgan fingerprint density at radius 1 is 1.36 bits per heavy atom. The second kappa shape index (κ2) is 6.90. The van der Waals surface area contributed by atoms with Gasteiger partial charge in [0.15, 0.2) is 0 Å². The highest BCUT2D eigenvalue weighted by molar-refractivity contribution is 5.90. The molecule has 0 saturated heterocycles. The molecule has 22 heavy (non-hydrogen) atoms. The second-order valence-electron chi connectivity index (χ2n) is 6.58. The van der Waals surface area contributed by atoms with Crippen molar-refractivity contribution in [3.63, 3.8) is 0 Å². The molecule has 0 spiro atoms. The molecule has 0 aromatic heterocycles. The summed E-state index contributed by atoms with van der Waals surface area (Å²) in [4.78, 5) is 22.6. The molecule has 1 aromatic rings. The lowest BCUT2D eigenvalue weighted by molar-refractivity contribution is -0.384. The molecule has 0 N–H and O–H groups in total. The maximum Gasteiger partial charge on any atom is 0.338 e. The van der Waals surface area contributed by atoms with Crippen LogP contribution in [0.4, 0.5) is 5.69 Å². The third kappa shape index (κ3) is 3.84. The van der Waals surface area contributed by atoms with Crippen molar-refractivity contribution in [1.29, 1.82) is 0 Å². The van der Waals surface area contributed by atoms with Crippen LogP contribution in [0.2, 0.25) is 0 Å². The molecule has 1 aliphatic rings. The predicted octanol–water partition coefficient (Wildman–Crippen LogP) is 4.21. The van der Waals surface area contributed by atoms with Crippen LogP contribution in [-0.2, 0) is 4.74 Å². The lowest BCUT2D eigenvalue weighted by Crippen LogP contribution is -2.35. The summed E-state index contributed by atoms with van der Waals surface area (Å²) in [6.45, 7) is 6.47. The lowest BCUT2D eigenvalue weighted by atomic mass is 9.75. The van der Waals surface area contributed by atoms with Crippen LogP contribution in [0.25, 0.3) is 0 Å². The normalized spacial score (nSPS) is 25.0. The Balaban J connectivity index is 2.12. The first-order valence-corrected chi connectivity index (χ1v) is 7.84. The Hall–Kier alpha value is -1.91. The van der Waals surface area contributed by atoms with Crippen LogP contribution < -0.4 is 0 Å². The first-order chi connectivity index (χ1) is 10.4. The number of esters is 1. The molecular formula is C17H23NO4. The minimum atomic E-state index is -0.504. The van der Waals surface area contributed by atoms with E-state index in [9.17, 15) is 14.9 Å². The van der Waals surface area contributed by atoms with Crippen LogP contribution in [0.3, 0.4) is 0 Å². The van der Waals surface area contributed by atoms with Gasteiger partial charge in [0.2, 0.25) is 0 Å². The number of non-ortho nitro benzene ring substituents is 1. The Kier molecular flexibility index (Phi) is 5.16. The molecule has 0 heterocycles. The molecule has 0 unspecified atom stereocenters. The zero-order valence-electron chi connectivity index (χ0n) is 13.3. The van der Waals surface area contributed by atoms with Crippen molar-refractivity contribution in [1.82, 2.24) is 0 Å². The van der Waals surface area contributed by atoms with Gasteiger partial charge < -0.3 is 4.74 Å². The average Bonchev–Trinajstić information content (AvgIpc) is 2.47. The van der Waals surface area contributed by atoms with Gasteiger partial charge in [-0.3, -0.25) is 10.1 Å². The van der Waals surface area contributed by atoms with Gasteiger partial charge in [-0.25, -0.2) is 4.79 Å². The highest BCUT2D eigenvalue weighted by Crippen LogP contribution is 2.35. The molecule has 0 aliphatic heterocycles. The van der Waals surface area contributed by atoms with Crippen LogP contribution in [0.15, 0.2) is 24.3 Å². The van der Waals surface area contributed by atoms with Crippen molar-refractivity contribution in [2.75, 3.05) is 0 Å². The quantitative estimate of drug-likeness (QED) is 0.474. The molecular weight excluding hydrogens is 282 g/mol. The maximum atomic E-state index is 12.3. The second-order valence-corrected chi connectivity index (χ2v) is 6.58. The van der Waals surface area contributed by atoms with Gasteiger partial charge in [0, 0.05) is 12.1 Å². The van der Waals surface area contributed by atoms with Gasteiger partial charge in [-0.2, -0.15) is 0 Å². The van der Waals surface area contributed by atoms with E-state index in [4.69, 9.17) is 4.74 Å². The minimum absolute atomic E-state index is 0.0909. The van der Waals surface area contributed by atoms with Crippen molar-refractivity contribution in [2.45, 2.75) is 46.1 Å². The monoisotopic (exact) mass is 305 g/mol. The minimum Gasteiger partial charge on any atom is -0.458 e. The van der Waals surface area contributed by atoms with Crippen molar-refractivity contribution in [3.8, 4) is 0 Å². The molecule has 1 fully saturated rings. The van der Waals surface area contributed by atoms with E-state index in [1.807, 2.05) is 0 Å². The first-order valence-electron chi connectivity index (χ1n) is 7.84. The van der Waals surface area contributed by atoms with Gasteiger partial charge in [-0.05, 0) is 36.7 Å². The van der Waals surface area contributed by atoms with E-state index in [2.05, 4.69) is 20.8 Å². The summed E-state index contributed by atoms with van der Waals surface area (Å²) in [6.07, 6.45) is 2.98. The van der Waals surface area contributed by atoms with Crippen molar-refractivity contribution in [2.24, 2.45) is 17.8 Å². The number of carbonyl (C=O) groups is 1. The van der Waals surface area contributed by atoms with Gasteiger partial charge in [-0.1, -0.05) is 33.3 Å². The Morgan fingerprint density at radius 2 is 2.09 bits per heavy atom. The summed E-state index contributed by atoms with van der Waals surface area (Å²) in [5, 5.41) is 10.8. The van der Waals surface area contributed by atoms with Crippen molar-refractivity contribution in [3.05, 3.63) is 39.9 Å². The molecule has 5 heteroatoms. The number of nitro groups is 1. The van der Waals surface area contributed by atoms with E-state index in [1.165, 1.54) is 18.2 Å². The zero-order valence-corrected chi connectivity index (χ0v) is 13.3. The highest BCUT2D eigenvalue weighted by atomic mass is 16.6. The fourth-order valence-electron chi connectivity index (χ4n) is 3.20. The average molecular weight is 305 g/mol. The van der Waals surface area contributed by atoms with E-state index in [1.54, 1.807) is 6.07 Å². The topological polar surface area (TPSA) is 69.4 Å². The fraction of sp³-hybridized carbons (Fsp3) is 0.588. The Morgan fingerprint density at radius 3 is 2.73 bits per heavy atom. The third-order valence-electron chi connectivity index (χ3n) is 4.51. The van der Waals surface area contributed by atoms with Crippen LogP contribution in [-0.4, -0.2) is 17.0 Å². The molecule has 1 aliphatic carbocycles. The predicted molar refractivity (Wildman–Crippen MR) is 83.6 cm³/mol. The van der Waals surface area contributed by atoms with Gasteiger partial charge in [0.25, 0.3) is 5.69 Å². The molecule has 3 atom stereocenters. The number of benzene rings is 1. The summed E-state index contributed by atoms with van der Waals surface area (Å²) in [6, 6.07) is 5.72. The Bertz CT molecular complexity index is 555. The smallest absolute Gasteiger partial charge is 0.338 e. The highest BCUT2D eigenvalue weighted by Gasteiger charge is 2.33. The fourth-order valence-corrected chi connectivity index (χ4v) is 3.20. The summed E-state index contributed by atoms with van der Waals surface area (Å²) < 4.78 is 5.69. The SMILES string of the molecule is CC(C)[C@@H]1CC[C@@H](C)C[C@@H]1OC(=O)c1cccc([N+](=O)[O-])c1. The van der Waals surface area contributed by atoms with Gasteiger partial charge in [0.05, 0.1) is 10.5 Å². The van der Waals surface area contributed by atoms with E-state index in [0.29, 0.717) is 17.8 Å². The third-order valence-corrected chi connectivity index (χ3v) is 4.51. The Labute approximate surface area is 130 Å². The lowest BCUT2D eigenvalue weighted by Gasteiger charge is -2.36. The van der Waals surface area contributed by atoms with E-state index in [0.717, 1.165) is 19.3 Å². The van der Waals surface area contributed by atoms with Crippen molar-refractivity contribution < 1.29 is 14.5 Å². The standard InChI is InChI=1S/C17H23NO4/c1-11(2)15-8-7-12(3)9-16(15)22-17(19)13-5-4-6-14(10-13)18(20)21/h4-6,10-12,15-16H,7-9H2,1-3H3/t12-,15+,16+/m1/s1. The number of ether oxygens (including phenoxy) is 1. The maximum absolute atomic E-state index is 12.3. The molecule has 120 valence electrons. The van der Waals surface area contributed by atoms with E-state index < -0.39 is 10.9 Å². The van der Waals surface area contributed by atoms with Crippen LogP contribution in [0, 0.1) is 27.9 Å². The summed E-state index contributed by atoms with van der Waals surface area (Å²) >= 11 is 0. The van der Waals surface area contributed by atoms with Crippen LogP contribution in [0.1, 0.15) is 50.4 Å². The van der Waals surface area contributed by atoms with Gasteiger partial charge in [-0.15, -0.1) is 0 Å². The summed E-state index contributed by atoms with van der Waals surface area (Å²) in [5.74, 6) is 0.889. The molecule has 1 saturated carbocycles. The molecule has 2 rings (SSSR count). The number of carbonyl (C=O) groups excluding carboxylic acids is 1. The number of rotatable bonds is 4. The van der Waals surface area contributed by atoms with Gasteiger partial charge in [0.1, 0.15) is 6.10 Å².